The number of anilines is 2. The second-order valence-corrected chi connectivity index (χ2v) is 5.24. The van der Waals surface area contributed by atoms with Crippen LogP contribution in [0.5, 0.6) is 5.88 Å². The highest BCUT2D eigenvalue weighted by Crippen LogP contribution is 2.30. The zero-order chi connectivity index (χ0) is 14.2. The molecule has 1 aliphatic carbocycles. The van der Waals surface area contributed by atoms with Crippen molar-refractivity contribution in [2.75, 3.05) is 37.4 Å². The molecular weight excluding hydrogens is 254 g/mol. The van der Waals surface area contributed by atoms with E-state index in [2.05, 4.69) is 17.2 Å². The Balaban J connectivity index is 1.71. The van der Waals surface area contributed by atoms with Crippen LogP contribution in [0.25, 0.3) is 0 Å². The van der Waals surface area contributed by atoms with Gasteiger partial charge in [-0.15, -0.1) is 0 Å². The highest BCUT2D eigenvalue weighted by molar-refractivity contribution is 5.53. The van der Waals surface area contributed by atoms with Crippen molar-refractivity contribution in [2.24, 2.45) is 5.92 Å². The molecule has 0 aliphatic heterocycles. The summed E-state index contributed by atoms with van der Waals surface area (Å²) in [7, 11) is 0. The summed E-state index contributed by atoms with van der Waals surface area (Å²) in [5, 5.41) is 3.22. The molecule has 1 aromatic heterocycles. The zero-order valence-electron chi connectivity index (χ0n) is 12.2. The Morgan fingerprint density at radius 3 is 2.95 bits per heavy atom. The van der Waals surface area contributed by atoms with Gasteiger partial charge in [0.25, 0.3) is 0 Å². The van der Waals surface area contributed by atoms with E-state index in [1.54, 1.807) is 0 Å². The van der Waals surface area contributed by atoms with E-state index in [1.165, 1.54) is 12.8 Å². The number of rotatable bonds is 10. The summed E-state index contributed by atoms with van der Waals surface area (Å²) < 4.78 is 11.1. The van der Waals surface area contributed by atoms with Gasteiger partial charge in [-0.1, -0.05) is 13.3 Å². The van der Waals surface area contributed by atoms with Gasteiger partial charge in [0, 0.05) is 13.2 Å². The van der Waals surface area contributed by atoms with E-state index in [4.69, 9.17) is 15.2 Å². The molecule has 5 nitrogen and oxygen atoms in total. The number of nitrogens with zero attached hydrogens (tertiary/aromatic N) is 1. The third-order valence-corrected chi connectivity index (χ3v) is 3.24. The highest BCUT2D eigenvalue weighted by atomic mass is 16.5. The molecule has 0 atom stereocenters. The fourth-order valence-electron chi connectivity index (χ4n) is 1.75. The molecule has 3 N–H and O–H groups in total. The molecule has 0 saturated heterocycles. The Kier molecular flexibility index (Phi) is 5.92. The first-order chi connectivity index (χ1) is 9.79. The third-order valence-electron chi connectivity index (χ3n) is 3.24. The van der Waals surface area contributed by atoms with Gasteiger partial charge in [-0.2, -0.15) is 4.98 Å². The van der Waals surface area contributed by atoms with Crippen LogP contribution in [0, 0.1) is 5.92 Å². The number of nitrogens with two attached hydrogens (primary N) is 1. The van der Waals surface area contributed by atoms with Gasteiger partial charge < -0.3 is 20.5 Å². The summed E-state index contributed by atoms with van der Waals surface area (Å²) >= 11 is 0. The van der Waals surface area contributed by atoms with E-state index in [1.807, 2.05) is 12.1 Å². The van der Waals surface area contributed by atoms with Crippen molar-refractivity contribution in [3.05, 3.63) is 12.1 Å². The van der Waals surface area contributed by atoms with E-state index < -0.39 is 0 Å². The maximum absolute atomic E-state index is 5.87. The van der Waals surface area contributed by atoms with Crippen LogP contribution in [0.4, 0.5) is 11.5 Å². The molecular formula is C15H25N3O2. The van der Waals surface area contributed by atoms with Gasteiger partial charge in [0.2, 0.25) is 5.88 Å². The highest BCUT2D eigenvalue weighted by Gasteiger charge is 2.22. The van der Waals surface area contributed by atoms with Gasteiger partial charge in [-0.3, -0.25) is 0 Å². The van der Waals surface area contributed by atoms with E-state index in [0.29, 0.717) is 24.1 Å². The normalized spacial score (nSPS) is 14.2. The lowest BCUT2D eigenvalue weighted by molar-refractivity contribution is 0.141. The molecule has 1 aromatic rings. The first-order valence-electron chi connectivity index (χ1n) is 7.50. The average molecular weight is 279 g/mol. The van der Waals surface area contributed by atoms with Crippen LogP contribution in [0.1, 0.15) is 32.6 Å². The number of unbranched alkanes of at least 4 members (excludes halogenated alkanes) is 1. The summed E-state index contributed by atoms with van der Waals surface area (Å²) in [6.45, 7) is 5.12. The van der Waals surface area contributed by atoms with Crippen LogP contribution in [-0.2, 0) is 4.74 Å². The van der Waals surface area contributed by atoms with Crippen molar-refractivity contribution < 1.29 is 9.47 Å². The summed E-state index contributed by atoms with van der Waals surface area (Å²) in [5.41, 5.74) is 6.46. The van der Waals surface area contributed by atoms with Gasteiger partial charge in [-0.05, 0) is 37.3 Å². The molecule has 112 valence electrons. The van der Waals surface area contributed by atoms with E-state index >= 15 is 0 Å². The summed E-state index contributed by atoms with van der Waals surface area (Å²) in [5.74, 6) is 2.01. The number of hydrogen-bond acceptors (Lipinski definition) is 5. The maximum Gasteiger partial charge on any atom is 0.239 e. The van der Waals surface area contributed by atoms with E-state index in [9.17, 15) is 0 Å². The van der Waals surface area contributed by atoms with Gasteiger partial charge in [0.1, 0.15) is 5.82 Å². The second kappa shape index (κ2) is 7.94. The molecule has 0 radical (unpaired) electrons. The van der Waals surface area contributed by atoms with E-state index in [-0.39, 0.29) is 0 Å². The van der Waals surface area contributed by atoms with Gasteiger partial charge in [0.05, 0.1) is 18.9 Å². The number of ether oxygens (including phenoxy) is 2. The molecule has 1 heterocycles. The maximum atomic E-state index is 5.87. The van der Waals surface area contributed by atoms with Crippen LogP contribution in [0.2, 0.25) is 0 Å². The monoisotopic (exact) mass is 279 g/mol. The van der Waals surface area contributed by atoms with Gasteiger partial charge >= 0.3 is 0 Å². The Morgan fingerprint density at radius 1 is 1.35 bits per heavy atom. The lowest BCUT2D eigenvalue weighted by Gasteiger charge is -2.10. The van der Waals surface area contributed by atoms with Crippen molar-refractivity contribution in [3.8, 4) is 5.88 Å². The molecule has 5 heteroatoms. The molecule has 1 fully saturated rings. The molecule has 0 unspecified atom stereocenters. The van der Waals surface area contributed by atoms with Crippen molar-refractivity contribution >= 4 is 11.5 Å². The Morgan fingerprint density at radius 2 is 2.20 bits per heavy atom. The predicted molar refractivity (Wildman–Crippen MR) is 81.1 cm³/mol. The smallest absolute Gasteiger partial charge is 0.239 e. The molecule has 1 saturated carbocycles. The number of pyridine rings is 1. The van der Waals surface area contributed by atoms with Gasteiger partial charge in [-0.25, -0.2) is 0 Å². The quantitative estimate of drug-likeness (QED) is 0.644. The molecule has 0 amide bonds. The second-order valence-electron chi connectivity index (χ2n) is 5.24. The molecule has 2 rings (SSSR count). The van der Waals surface area contributed by atoms with Crippen LogP contribution in [0.3, 0.4) is 0 Å². The van der Waals surface area contributed by atoms with Crippen molar-refractivity contribution in [2.45, 2.75) is 32.6 Å². The lowest BCUT2D eigenvalue weighted by atomic mass is 10.4. The summed E-state index contributed by atoms with van der Waals surface area (Å²) in [6.07, 6.45) is 4.79. The third kappa shape index (κ3) is 5.25. The van der Waals surface area contributed by atoms with Crippen molar-refractivity contribution in [3.63, 3.8) is 0 Å². The first kappa shape index (κ1) is 14.9. The standard InChI is InChI=1S/C15H25N3O2/c1-2-3-9-19-10-8-17-14-7-6-13(16)15(18-14)20-11-12-4-5-12/h6-7,12H,2-5,8-11,16H2,1H3,(H,17,18). The minimum Gasteiger partial charge on any atom is -0.476 e. The van der Waals surface area contributed by atoms with Gasteiger partial charge in [0.15, 0.2) is 0 Å². The fourth-order valence-corrected chi connectivity index (χ4v) is 1.75. The fraction of sp³-hybridized carbons (Fsp3) is 0.667. The van der Waals surface area contributed by atoms with Crippen LogP contribution in [0.15, 0.2) is 12.1 Å². The SMILES string of the molecule is CCCCOCCNc1ccc(N)c(OCC2CC2)n1. The summed E-state index contributed by atoms with van der Waals surface area (Å²) in [6, 6.07) is 3.70. The van der Waals surface area contributed by atoms with E-state index in [0.717, 1.165) is 38.4 Å². The minimum atomic E-state index is 0.536. The van der Waals surface area contributed by atoms with Crippen LogP contribution >= 0.6 is 0 Å². The topological polar surface area (TPSA) is 69.4 Å². The number of aromatic nitrogens is 1. The minimum absolute atomic E-state index is 0.536. The van der Waals surface area contributed by atoms with Crippen LogP contribution < -0.4 is 15.8 Å². The Bertz CT molecular complexity index is 408. The molecule has 20 heavy (non-hydrogen) atoms. The van der Waals surface area contributed by atoms with Crippen molar-refractivity contribution in [1.29, 1.82) is 0 Å². The Labute approximate surface area is 120 Å². The largest absolute Gasteiger partial charge is 0.476 e. The van der Waals surface area contributed by atoms with Crippen LogP contribution in [-0.4, -0.2) is 31.3 Å². The molecule has 1 aliphatic rings. The molecule has 0 bridgehead atoms. The average Bonchev–Trinajstić information content (AvgIpc) is 3.27. The number of hydrogen-bond donors (Lipinski definition) is 2. The lowest BCUT2D eigenvalue weighted by Crippen LogP contribution is -2.12. The predicted octanol–water partition coefficient (Wildman–Crippen LogP) is 2.68. The molecule has 0 aromatic carbocycles. The van der Waals surface area contributed by atoms with Crippen molar-refractivity contribution in [1.82, 2.24) is 4.98 Å². The number of nitrogens with one attached hydrogen (secondary N) is 1. The zero-order valence-corrected chi connectivity index (χ0v) is 12.2. The summed E-state index contributed by atoms with van der Waals surface area (Å²) in [4.78, 5) is 4.39. The first-order valence-corrected chi connectivity index (χ1v) is 7.50. The Hall–Kier alpha value is -1.49. The molecule has 0 spiro atoms. The number of nitrogen functional groups attached to an aromatic ring is 1.